The molecular formula is C10H16N4O2. The average molecular weight is 224 g/mol. The van der Waals surface area contributed by atoms with Gasteiger partial charge in [0.05, 0.1) is 12.6 Å². The maximum atomic E-state index is 11.6. The average Bonchev–Trinajstić information content (AvgIpc) is 2.83. The second kappa shape index (κ2) is 4.52. The summed E-state index contributed by atoms with van der Waals surface area (Å²) in [5.74, 6) is 0.578. The summed E-state index contributed by atoms with van der Waals surface area (Å²) < 4.78 is 5.17. The predicted molar refractivity (Wildman–Crippen MR) is 59.4 cm³/mol. The summed E-state index contributed by atoms with van der Waals surface area (Å²) in [6.07, 6.45) is 0.867. The number of aromatic amines is 1. The molecule has 0 spiro atoms. The van der Waals surface area contributed by atoms with Crippen LogP contribution in [-0.2, 0) is 4.74 Å². The summed E-state index contributed by atoms with van der Waals surface area (Å²) in [6, 6.07) is -0.120. The van der Waals surface area contributed by atoms with Gasteiger partial charge < -0.3 is 10.1 Å². The van der Waals surface area contributed by atoms with Gasteiger partial charge in [-0.2, -0.15) is 5.10 Å². The number of aryl methyl sites for hydroxylation is 1. The first-order valence-electron chi connectivity index (χ1n) is 5.33. The number of anilines is 1. The number of nitrogens with one attached hydrogen (secondary N) is 3. The molecule has 0 aliphatic carbocycles. The Morgan fingerprint density at radius 2 is 2.38 bits per heavy atom. The number of urea groups is 1. The molecule has 1 unspecified atom stereocenters. The van der Waals surface area contributed by atoms with Crippen LogP contribution in [0.5, 0.6) is 0 Å². The molecule has 3 N–H and O–H groups in total. The van der Waals surface area contributed by atoms with Crippen LogP contribution >= 0.6 is 0 Å². The summed E-state index contributed by atoms with van der Waals surface area (Å²) >= 11 is 0. The molecule has 0 radical (unpaired) electrons. The molecule has 2 heterocycles. The van der Waals surface area contributed by atoms with E-state index in [0.29, 0.717) is 19.0 Å². The van der Waals surface area contributed by atoms with E-state index in [1.165, 1.54) is 0 Å². The lowest BCUT2D eigenvalue weighted by Gasteiger charge is -2.10. The second-order valence-corrected chi connectivity index (χ2v) is 3.98. The van der Waals surface area contributed by atoms with Crippen LogP contribution in [0.3, 0.4) is 0 Å². The van der Waals surface area contributed by atoms with Crippen molar-refractivity contribution >= 4 is 11.8 Å². The minimum atomic E-state index is -0.231. The highest BCUT2D eigenvalue weighted by Crippen LogP contribution is 2.13. The van der Waals surface area contributed by atoms with Gasteiger partial charge in [0, 0.05) is 17.9 Å². The van der Waals surface area contributed by atoms with Crippen molar-refractivity contribution in [3.63, 3.8) is 0 Å². The lowest BCUT2D eigenvalue weighted by atomic mass is 10.2. The Hall–Kier alpha value is -1.56. The van der Waals surface area contributed by atoms with Gasteiger partial charge in [-0.15, -0.1) is 0 Å². The van der Waals surface area contributed by atoms with E-state index in [1.807, 2.05) is 13.8 Å². The van der Waals surface area contributed by atoms with Crippen molar-refractivity contribution in [2.45, 2.75) is 26.3 Å². The molecule has 0 saturated carbocycles. The lowest BCUT2D eigenvalue weighted by molar-refractivity contribution is 0.189. The third-order valence-electron chi connectivity index (χ3n) is 2.75. The molecule has 6 heteroatoms. The molecule has 1 fully saturated rings. The lowest BCUT2D eigenvalue weighted by Crippen LogP contribution is -2.38. The summed E-state index contributed by atoms with van der Waals surface area (Å²) in [5.41, 5.74) is 1.91. The highest BCUT2D eigenvalue weighted by Gasteiger charge is 2.18. The van der Waals surface area contributed by atoms with E-state index in [9.17, 15) is 4.79 Å². The van der Waals surface area contributed by atoms with Crippen LogP contribution in [0.2, 0.25) is 0 Å². The second-order valence-electron chi connectivity index (χ2n) is 3.98. The number of carbonyl (C=O) groups is 1. The summed E-state index contributed by atoms with van der Waals surface area (Å²) in [5, 5.41) is 12.4. The zero-order chi connectivity index (χ0) is 11.5. The van der Waals surface area contributed by atoms with Crippen LogP contribution in [0.25, 0.3) is 0 Å². The Kier molecular flexibility index (Phi) is 3.09. The number of hydrogen-bond acceptors (Lipinski definition) is 3. The van der Waals surface area contributed by atoms with Gasteiger partial charge in [0.1, 0.15) is 0 Å². The maximum absolute atomic E-state index is 11.6. The number of amides is 2. The SMILES string of the molecule is Cc1[nH]nc(NC(=O)NC2CCOC2)c1C. The van der Waals surface area contributed by atoms with E-state index >= 15 is 0 Å². The monoisotopic (exact) mass is 224 g/mol. The summed E-state index contributed by atoms with van der Waals surface area (Å²) in [7, 11) is 0. The minimum absolute atomic E-state index is 0.111. The quantitative estimate of drug-likeness (QED) is 0.699. The fraction of sp³-hybridized carbons (Fsp3) is 0.600. The van der Waals surface area contributed by atoms with Gasteiger partial charge in [0.25, 0.3) is 0 Å². The highest BCUT2D eigenvalue weighted by atomic mass is 16.5. The summed E-state index contributed by atoms with van der Waals surface area (Å²) in [4.78, 5) is 11.6. The van der Waals surface area contributed by atoms with Crippen LogP contribution in [0.15, 0.2) is 0 Å². The van der Waals surface area contributed by atoms with Crippen molar-refractivity contribution in [1.29, 1.82) is 0 Å². The highest BCUT2D eigenvalue weighted by molar-refractivity contribution is 5.89. The number of H-pyrrole nitrogens is 1. The van der Waals surface area contributed by atoms with E-state index in [0.717, 1.165) is 17.7 Å². The number of aromatic nitrogens is 2. The topological polar surface area (TPSA) is 79.0 Å². The Labute approximate surface area is 93.8 Å². The predicted octanol–water partition coefficient (Wildman–Crippen LogP) is 0.937. The van der Waals surface area contributed by atoms with Crippen molar-refractivity contribution in [3.8, 4) is 0 Å². The van der Waals surface area contributed by atoms with Crippen LogP contribution in [0.4, 0.5) is 10.6 Å². The van der Waals surface area contributed by atoms with E-state index in [-0.39, 0.29) is 12.1 Å². The zero-order valence-corrected chi connectivity index (χ0v) is 9.46. The van der Waals surface area contributed by atoms with Crippen LogP contribution in [0.1, 0.15) is 17.7 Å². The minimum Gasteiger partial charge on any atom is -0.379 e. The first-order valence-corrected chi connectivity index (χ1v) is 5.33. The first-order chi connectivity index (χ1) is 7.66. The molecule has 16 heavy (non-hydrogen) atoms. The molecule has 88 valence electrons. The molecule has 1 aliphatic rings. The van der Waals surface area contributed by atoms with Crippen molar-refractivity contribution in [1.82, 2.24) is 15.5 Å². The molecule has 1 saturated heterocycles. The summed E-state index contributed by atoms with van der Waals surface area (Å²) in [6.45, 7) is 5.13. The third kappa shape index (κ3) is 2.33. The van der Waals surface area contributed by atoms with Crippen LogP contribution < -0.4 is 10.6 Å². The molecule has 2 amide bonds. The van der Waals surface area contributed by atoms with Gasteiger partial charge in [-0.25, -0.2) is 4.79 Å². The molecule has 1 aromatic heterocycles. The first kappa shape index (κ1) is 10.9. The molecule has 0 bridgehead atoms. The van der Waals surface area contributed by atoms with Gasteiger partial charge in [-0.1, -0.05) is 0 Å². The normalized spacial score (nSPS) is 19.8. The molecular weight excluding hydrogens is 208 g/mol. The number of hydrogen-bond donors (Lipinski definition) is 3. The van der Waals surface area contributed by atoms with Gasteiger partial charge in [0.2, 0.25) is 0 Å². The maximum Gasteiger partial charge on any atom is 0.320 e. The Morgan fingerprint density at radius 1 is 1.56 bits per heavy atom. The Bertz CT molecular complexity index is 382. The Balaban J connectivity index is 1.89. The van der Waals surface area contributed by atoms with Gasteiger partial charge in [-0.3, -0.25) is 10.4 Å². The fourth-order valence-corrected chi connectivity index (χ4v) is 1.58. The molecule has 1 atom stereocenters. The van der Waals surface area contributed by atoms with Crippen LogP contribution in [0, 0.1) is 13.8 Å². The molecule has 6 nitrogen and oxygen atoms in total. The van der Waals surface area contributed by atoms with Gasteiger partial charge in [-0.05, 0) is 20.3 Å². The Morgan fingerprint density at radius 3 is 2.94 bits per heavy atom. The standard InChI is InChI=1S/C10H16N4O2/c1-6-7(2)13-14-9(6)12-10(15)11-8-3-4-16-5-8/h8H,3-5H2,1-2H3,(H3,11,12,13,14,15). The number of carbonyl (C=O) groups excluding carboxylic acids is 1. The zero-order valence-electron chi connectivity index (χ0n) is 9.46. The van der Waals surface area contributed by atoms with E-state index in [2.05, 4.69) is 20.8 Å². The number of nitrogens with zero attached hydrogens (tertiary/aromatic N) is 1. The van der Waals surface area contributed by atoms with Crippen LogP contribution in [-0.4, -0.2) is 35.5 Å². The van der Waals surface area contributed by atoms with Gasteiger partial charge in [0.15, 0.2) is 5.82 Å². The van der Waals surface area contributed by atoms with E-state index in [1.54, 1.807) is 0 Å². The largest absolute Gasteiger partial charge is 0.379 e. The van der Waals surface area contributed by atoms with Crippen molar-refractivity contribution in [3.05, 3.63) is 11.3 Å². The molecule has 1 aliphatic heterocycles. The number of rotatable bonds is 2. The molecule has 1 aromatic rings. The van der Waals surface area contributed by atoms with E-state index in [4.69, 9.17) is 4.74 Å². The van der Waals surface area contributed by atoms with Crippen molar-refractivity contribution in [2.75, 3.05) is 18.5 Å². The molecule has 2 rings (SSSR count). The van der Waals surface area contributed by atoms with Gasteiger partial charge >= 0.3 is 6.03 Å². The van der Waals surface area contributed by atoms with Crippen molar-refractivity contribution < 1.29 is 9.53 Å². The third-order valence-corrected chi connectivity index (χ3v) is 2.75. The number of ether oxygens (including phenoxy) is 1. The van der Waals surface area contributed by atoms with E-state index < -0.39 is 0 Å². The van der Waals surface area contributed by atoms with Crippen molar-refractivity contribution in [2.24, 2.45) is 0 Å². The molecule has 0 aromatic carbocycles. The fourth-order valence-electron chi connectivity index (χ4n) is 1.58. The smallest absolute Gasteiger partial charge is 0.320 e.